The lowest BCUT2D eigenvalue weighted by Gasteiger charge is -2.20. The number of ether oxygens (including phenoxy) is 2. The van der Waals surface area contributed by atoms with Gasteiger partial charge in [-0.15, -0.1) is 0 Å². The molecule has 0 radical (unpaired) electrons. The Morgan fingerprint density at radius 2 is 1.87 bits per heavy atom. The third-order valence-electron chi connectivity index (χ3n) is 3.03. The number of amides is 3. The second-order valence-electron chi connectivity index (χ2n) is 4.73. The number of likely N-dealkylation sites (N-methyl/N-ethyl adjacent to an activating group) is 1. The van der Waals surface area contributed by atoms with Gasteiger partial charge in [0, 0.05) is 6.54 Å². The highest BCUT2D eigenvalue weighted by atomic mass is 16.5. The van der Waals surface area contributed by atoms with Crippen molar-refractivity contribution >= 4 is 17.9 Å². The van der Waals surface area contributed by atoms with Crippen molar-refractivity contribution in [2.45, 2.75) is 20.8 Å². The highest BCUT2D eigenvalue weighted by Gasteiger charge is 2.18. The molecule has 7 nitrogen and oxygen atoms in total. The molecule has 0 aliphatic rings. The maximum Gasteiger partial charge on any atom is 0.413 e. The first-order valence-electron chi connectivity index (χ1n) is 7.40. The number of carbonyl (C=O) groups is 3. The van der Waals surface area contributed by atoms with Crippen LogP contribution in [0.5, 0.6) is 5.75 Å². The van der Waals surface area contributed by atoms with Crippen molar-refractivity contribution in [3.05, 3.63) is 29.8 Å². The topological polar surface area (TPSA) is 84.9 Å². The normalized spacial score (nSPS) is 9.87. The Hall–Kier alpha value is -2.57. The van der Waals surface area contributed by atoms with Gasteiger partial charge < -0.3 is 14.4 Å². The monoisotopic (exact) mass is 322 g/mol. The fourth-order valence-corrected chi connectivity index (χ4v) is 1.82. The van der Waals surface area contributed by atoms with Crippen molar-refractivity contribution in [3.63, 3.8) is 0 Å². The van der Waals surface area contributed by atoms with Crippen LogP contribution >= 0.6 is 0 Å². The predicted molar refractivity (Wildman–Crippen MR) is 84.1 cm³/mol. The van der Waals surface area contributed by atoms with Gasteiger partial charge >= 0.3 is 6.09 Å². The van der Waals surface area contributed by atoms with Crippen LogP contribution in [0.3, 0.4) is 0 Å². The minimum absolute atomic E-state index is 0.166. The van der Waals surface area contributed by atoms with E-state index in [4.69, 9.17) is 4.74 Å². The van der Waals surface area contributed by atoms with Crippen LogP contribution in [0.1, 0.15) is 19.4 Å². The first-order chi connectivity index (χ1) is 11.0. The quantitative estimate of drug-likeness (QED) is 0.822. The summed E-state index contributed by atoms with van der Waals surface area (Å²) in [5.41, 5.74) is 0.920. The number of nitrogens with one attached hydrogen (secondary N) is 1. The van der Waals surface area contributed by atoms with E-state index in [0.29, 0.717) is 12.3 Å². The fraction of sp³-hybridized carbons (Fsp3) is 0.438. The molecule has 7 heteroatoms. The molecule has 0 unspecified atom stereocenters. The standard InChI is InChI=1S/C16H22N2O5/c1-4-18(10-14(19)17-16(21)22-5-2)15(20)11-23-13-9-7-6-8-12(13)3/h6-9H,4-5,10-11H2,1-3H3,(H,17,19,21). The summed E-state index contributed by atoms with van der Waals surface area (Å²) in [6, 6.07) is 7.34. The molecule has 0 saturated heterocycles. The highest BCUT2D eigenvalue weighted by Crippen LogP contribution is 2.16. The molecule has 0 aromatic heterocycles. The number of rotatable bonds is 7. The van der Waals surface area contributed by atoms with Crippen LogP contribution in [0.4, 0.5) is 4.79 Å². The summed E-state index contributed by atoms with van der Waals surface area (Å²) < 4.78 is 10.1. The zero-order valence-corrected chi connectivity index (χ0v) is 13.6. The number of nitrogens with zero attached hydrogens (tertiary/aromatic N) is 1. The van der Waals surface area contributed by atoms with Crippen LogP contribution in [0.25, 0.3) is 0 Å². The van der Waals surface area contributed by atoms with Crippen molar-refractivity contribution in [3.8, 4) is 5.75 Å². The Morgan fingerprint density at radius 3 is 2.48 bits per heavy atom. The van der Waals surface area contributed by atoms with Crippen LogP contribution in [-0.2, 0) is 14.3 Å². The van der Waals surface area contributed by atoms with Crippen molar-refractivity contribution in [1.29, 1.82) is 0 Å². The lowest BCUT2D eigenvalue weighted by Crippen LogP contribution is -2.44. The molecule has 1 aromatic carbocycles. The van der Waals surface area contributed by atoms with E-state index in [1.165, 1.54) is 4.90 Å². The number of para-hydroxylation sites is 1. The summed E-state index contributed by atoms with van der Waals surface area (Å²) in [6.45, 7) is 5.34. The van der Waals surface area contributed by atoms with Gasteiger partial charge in [0.05, 0.1) is 6.61 Å². The minimum Gasteiger partial charge on any atom is -0.484 e. The van der Waals surface area contributed by atoms with E-state index in [-0.39, 0.29) is 25.7 Å². The molecule has 0 atom stereocenters. The van der Waals surface area contributed by atoms with Crippen molar-refractivity contribution in [2.75, 3.05) is 26.3 Å². The molecule has 0 saturated carbocycles. The van der Waals surface area contributed by atoms with Crippen LogP contribution in [0, 0.1) is 6.92 Å². The van der Waals surface area contributed by atoms with Crippen molar-refractivity contribution in [2.24, 2.45) is 0 Å². The zero-order valence-electron chi connectivity index (χ0n) is 13.6. The molecule has 0 aliphatic heterocycles. The first-order valence-corrected chi connectivity index (χ1v) is 7.40. The SMILES string of the molecule is CCOC(=O)NC(=O)CN(CC)C(=O)COc1ccccc1C. The molecule has 23 heavy (non-hydrogen) atoms. The maximum atomic E-state index is 12.1. The molecule has 1 N–H and O–H groups in total. The van der Waals surface area contributed by atoms with Gasteiger partial charge in [-0.3, -0.25) is 14.9 Å². The zero-order chi connectivity index (χ0) is 17.2. The molecule has 1 aromatic rings. The van der Waals surface area contributed by atoms with E-state index in [1.54, 1.807) is 19.9 Å². The second-order valence-corrected chi connectivity index (χ2v) is 4.73. The number of alkyl carbamates (subject to hydrolysis) is 1. The number of imide groups is 1. The van der Waals surface area contributed by atoms with Gasteiger partial charge in [0.2, 0.25) is 5.91 Å². The van der Waals surface area contributed by atoms with Crippen LogP contribution in [0.2, 0.25) is 0 Å². The minimum atomic E-state index is -0.822. The molecule has 0 bridgehead atoms. The Bertz CT molecular complexity index is 559. The van der Waals surface area contributed by atoms with Gasteiger partial charge in [-0.05, 0) is 32.4 Å². The molecule has 0 aliphatic carbocycles. The number of aryl methyl sites for hydroxylation is 1. The summed E-state index contributed by atoms with van der Waals surface area (Å²) in [4.78, 5) is 36.3. The second kappa shape index (κ2) is 9.45. The molecule has 126 valence electrons. The summed E-state index contributed by atoms with van der Waals surface area (Å²) >= 11 is 0. The molecule has 3 amide bonds. The molecule has 1 rings (SSSR count). The average molecular weight is 322 g/mol. The maximum absolute atomic E-state index is 12.1. The molecule has 0 heterocycles. The Kier molecular flexibility index (Phi) is 7.59. The van der Waals surface area contributed by atoms with Crippen molar-refractivity contribution < 1.29 is 23.9 Å². The number of hydrogen-bond donors (Lipinski definition) is 1. The Balaban J connectivity index is 2.50. The highest BCUT2D eigenvalue weighted by molar-refractivity contribution is 5.94. The van der Waals surface area contributed by atoms with E-state index in [2.05, 4.69) is 4.74 Å². The van der Waals surface area contributed by atoms with E-state index >= 15 is 0 Å². The van der Waals surface area contributed by atoms with Gasteiger partial charge in [0.1, 0.15) is 12.3 Å². The number of hydrogen-bond acceptors (Lipinski definition) is 5. The molecular formula is C16H22N2O5. The van der Waals surface area contributed by atoms with Gasteiger partial charge in [0.15, 0.2) is 6.61 Å². The Labute approximate surface area is 135 Å². The van der Waals surface area contributed by atoms with Gasteiger partial charge in [0.25, 0.3) is 5.91 Å². The number of benzene rings is 1. The lowest BCUT2D eigenvalue weighted by atomic mass is 10.2. The lowest BCUT2D eigenvalue weighted by molar-refractivity contribution is -0.137. The van der Waals surface area contributed by atoms with Gasteiger partial charge in [-0.1, -0.05) is 18.2 Å². The first kappa shape index (κ1) is 18.5. The third kappa shape index (κ3) is 6.37. The van der Waals surface area contributed by atoms with E-state index in [1.807, 2.05) is 30.4 Å². The number of carbonyl (C=O) groups excluding carboxylic acids is 3. The van der Waals surface area contributed by atoms with Crippen LogP contribution < -0.4 is 10.1 Å². The largest absolute Gasteiger partial charge is 0.484 e. The average Bonchev–Trinajstić information content (AvgIpc) is 2.51. The Morgan fingerprint density at radius 1 is 1.17 bits per heavy atom. The summed E-state index contributed by atoms with van der Waals surface area (Å²) in [5, 5.41) is 2.05. The van der Waals surface area contributed by atoms with E-state index in [9.17, 15) is 14.4 Å². The summed E-state index contributed by atoms with van der Waals surface area (Å²) in [5.74, 6) is -0.322. The molecular weight excluding hydrogens is 300 g/mol. The fourth-order valence-electron chi connectivity index (χ4n) is 1.82. The van der Waals surface area contributed by atoms with Crippen LogP contribution in [-0.4, -0.2) is 49.1 Å². The van der Waals surface area contributed by atoms with Gasteiger partial charge in [-0.2, -0.15) is 0 Å². The summed E-state index contributed by atoms with van der Waals surface area (Å²) in [6.07, 6.45) is -0.822. The molecule has 0 spiro atoms. The van der Waals surface area contributed by atoms with Gasteiger partial charge in [-0.25, -0.2) is 4.79 Å². The molecule has 0 fully saturated rings. The third-order valence-corrected chi connectivity index (χ3v) is 3.03. The summed E-state index contributed by atoms with van der Waals surface area (Å²) in [7, 11) is 0. The van der Waals surface area contributed by atoms with E-state index < -0.39 is 12.0 Å². The van der Waals surface area contributed by atoms with Crippen LogP contribution in [0.15, 0.2) is 24.3 Å². The van der Waals surface area contributed by atoms with E-state index in [0.717, 1.165) is 5.56 Å². The smallest absolute Gasteiger partial charge is 0.413 e. The predicted octanol–water partition coefficient (Wildman–Crippen LogP) is 1.50. The van der Waals surface area contributed by atoms with Crippen molar-refractivity contribution in [1.82, 2.24) is 10.2 Å².